The largest absolute Gasteiger partial charge is 0.398 e. The van der Waals surface area contributed by atoms with Gasteiger partial charge in [0.05, 0.1) is 26.1 Å². The van der Waals surface area contributed by atoms with Gasteiger partial charge in [0.1, 0.15) is 11.6 Å². The van der Waals surface area contributed by atoms with Crippen molar-refractivity contribution in [3.8, 4) is 0 Å². The van der Waals surface area contributed by atoms with Crippen molar-refractivity contribution in [2.75, 3.05) is 5.73 Å². The Bertz CT molecular complexity index is 1080. The number of carbonyl (C=O) groups is 2. The molecule has 1 saturated carbocycles. The van der Waals surface area contributed by atoms with Crippen LogP contribution in [0.3, 0.4) is 0 Å². The Morgan fingerprint density at radius 3 is 3.05 bits per heavy atom. The van der Waals surface area contributed by atoms with Gasteiger partial charge in [-0.2, -0.15) is 0 Å². The van der Waals surface area contributed by atoms with Crippen molar-refractivity contribution in [3.05, 3.63) is 34.3 Å². The smallest absolute Gasteiger partial charge is 0.264 e. The van der Waals surface area contributed by atoms with Crippen LogP contribution >= 0.6 is 0 Å². The SMILES string of the molecule is [2H]c1cc([2H])c2nc(C([2H])[2H])n(C3C(=O)CC(=O)C([2H])C3([2H])[2H])c(=O)c2c1N. The van der Waals surface area contributed by atoms with Crippen LogP contribution in [0, 0.1) is 6.88 Å². The van der Waals surface area contributed by atoms with E-state index in [0.29, 0.717) is 4.57 Å². The first kappa shape index (κ1) is 7.49. The second-order valence-electron chi connectivity index (χ2n) is 4.54. The van der Waals surface area contributed by atoms with Crippen LogP contribution in [-0.2, 0) is 9.59 Å². The summed E-state index contributed by atoms with van der Waals surface area (Å²) < 4.78 is 55.4. The quantitative estimate of drug-likeness (QED) is 0.628. The van der Waals surface area contributed by atoms with E-state index in [1.165, 1.54) is 0 Å². The molecule has 6 heteroatoms. The number of benzene rings is 1. The summed E-state index contributed by atoms with van der Waals surface area (Å²) in [6.45, 7) is -1.93. The van der Waals surface area contributed by atoms with Crippen LogP contribution in [0.1, 0.15) is 40.7 Å². The molecule has 0 spiro atoms. The summed E-state index contributed by atoms with van der Waals surface area (Å²) in [7, 11) is 0. The third-order valence-electron chi connectivity index (χ3n) is 3.16. The fraction of sp³-hybridized carbons (Fsp3) is 0.333. The van der Waals surface area contributed by atoms with Crippen LogP contribution in [-0.4, -0.2) is 21.1 Å². The van der Waals surface area contributed by atoms with Crippen LogP contribution in [0.2, 0.25) is 0 Å². The van der Waals surface area contributed by atoms with Gasteiger partial charge in [0, 0.05) is 18.9 Å². The molecule has 0 saturated heterocycles. The molecule has 0 aliphatic heterocycles. The first-order valence-corrected chi connectivity index (χ1v) is 6.03. The lowest BCUT2D eigenvalue weighted by atomic mass is 9.92. The molecule has 2 unspecified atom stereocenters. The lowest BCUT2D eigenvalue weighted by molar-refractivity contribution is -0.132. The van der Waals surface area contributed by atoms with Crippen LogP contribution < -0.4 is 11.3 Å². The fourth-order valence-corrected chi connectivity index (χ4v) is 2.20. The second kappa shape index (κ2) is 4.80. The number of nitrogens with two attached hydrogens (primary N) is 1. The number of hydrogen-bond donors (Lipinski definition) is 1. The molecule has 0 amide bonds. The van der Waals surface area contributed by atoms with Crippen LogP contribution in [0.5, 0.6) is 0 Å². The molecule has 1 aromatic carbocycles. The number of aromatic nitrogens is 2. The number of anilines is 1. The van der Waals surface area contributed by atoms with Crippen LogP contribution in [0.15, 0.2) is 22.9 Å². The lowest BCUT2D eigenvalue weighted by Crippen LogP contribution is -2.36. The molecule has 0 bridgehead atoms. The van der Waals surface area contributed by atoms with E-state index in [1.807, 2.05) is 0 Å². The Morgan fingerprint density at radius 1 is 1.48 bits per heavy atom. The summed E-state index contributed by atoms with van der Waals surface area (Å²) in [6, 6.07) is -1.64. The van der Waals surface area contributed by atoms with Gasteiger partial charge in [0.2, 0.25) is 0 Å². The van der Waals surface area contributed by atoms with Gasteiger partial charge in [-0.15, -0.1) is 0 Å². The molecule has 1 heterocycles. The van der Waals surface area contributed by atoms with Gasteiger partial charge in [0.15, 0.2) is 5.78 Å². The van der Waals surface area contributed by atoms with E-state index in [9.17, 15) is 14.4 Å². The Morgan fingerprint density at radius 2 is 2.29 bits per heavy atom. The van der Waals surface area contributed by atoms with Crippen LogP contribution in [0.25, 0.3) is 10.9 Å². The van der Waals surface area contributed by atoms with E-state index in [2.05, 4.69) is 4.98 Å². The second-order valence-corrected chi connectivity index (χ2v) is 4.54. The molecule has 0 radical (unpaired) electrons. The molecule has 2 atom stereocenters. The highest BCUT2D eigenvalue weighted by Gasteiger charge is 2.30. The summed E-state index contributed by atoms with van der Waals surface area (Å²) in [6.07, 6.45) is -5.53. The predicted molar refractivity (Wildman–Crippen MR) is 78.1 cm³/mol. The van der Waals surface area contributed by atoms with Gasteiger partial charge in [-0.05, 0) is 25.3 Å². The summed E-state index contributed by atoms with van der Waals surface area (Å²) in [5, 5.41) is -0.413. The van der Waals surface area contributed by atoms with Gasteiger partial charge in [-0.1, -0.05) is 6.07 Å². The van der Waals surface area contributed by atoms with Crippen LogP contribution in [0.4, 0.5) is 5.69 Å². The molecule has 2 aromatic rings. The van der Waals surface area contributed by atoms with Gasteiger partial charge < -0.3 is 5.73 Å². The summed E-state index contributed by atoms with van der Waals surface area (Å²) >= 11 is 0. The monoisotopic (exact) mass is 292 g/mol. The summed E-state index contributed by atoms with van der Waals surface area (Å²) in [4.78, 5) is 41.3. The minimum atomic E-state index is -2.80. The zero-order valence-corrected chi connectivity index (χ0v) is 10.7. The van der Waals surface area contributed by atoms with Crippen molar-refractivity contribution in [3.63, 3.8) is 0 Å². The first-order valence-electron chi connectivity index (χ1n) is 9.76. The number of carbonyl (C=O) groups excluding carboxylic acids is 2. The highest BCUT2D eigenvalue weighted by atomic mass is 16.2. The average Bonchev–Trinajstić information content (AvgIpc) is 2.58. The molecule has 6 nitrogen and oxygen atoms in total. The topological polar surface area (TPSA) is 95.0 Å². The zero-order valence-electron chi connectivity index (χ0n) is 17.7. The molecule has 1 fully saturated rings. The lowest BCUT2D eigenvalue weighted by Gasteiger charge is -2.24. The number of fused-ring (bicyclic) bond motifs is 1. The molecule has 2 N–H and O–H groups in total. The number of hydrogen-bond acceptors (Lipinski definition) is 5. The molecule has 1 aliphatic carbocycles. The van der Waals surface area contributed by atoms with Gasteiger partial charge >= 0.3 is 0 Å². The average molecular weight is 292 g/mol. The van der Waals surface area contributed by atoms with Crippen molar-refractivity contribution in [1.29, 1.82) is 0 Å². The van der Waals surface area contributed by atoms with E-state index in [0.717, 1.165) is 6.07 Å². The van der Waals surface area contributed by atoms with Crippen molar-refractivity contribution >= 4 is 28.2 Å². The van der Waals surface area contributed by atoms with Gasteiger partial charge in [-0.3, -0.25) is 19.0 Å². The van der Waals surface area contributed by atoms with E-state index in [4.69, 9.17) is 15.3 Å². The molecule has 1 aliphatic rings. The number of nitrogen functional groups attached to an aromatic ring is 1. The number of Topliss-reactive ketones (excluding diaryl/α,β-unsaturated/α-hetero) is 2. The zero-order chi connectivity index (χ0) is 21.1. The van der Waals surface area contributed by atoms with E-state index in [1.54, 1.807) is 0 Å². The van der Waals surface area contributed by atoms with E-state index >= 15 is 0 Å². The third-order valence-corrected chi connectivity index (χ3v) is 3.16. The van der Waals surface area contributed by atoms with Crippen molar-refractivity contribution in [2.24, 2.45) is 0 Å². The van der Waals surface area contributed by atoms with Crippen molar-refractivity contribution < 1.29 is 19.2 Å². The standard InChI is InChI=1S/C15H15N3O3/c1-8-17-11-4-2-3-10(16)14(11)15(21)18(8)12-6-5-9(19)7-13(12)20/h2-4,12H,5-7,16H2,1H3/i1D2,3D,4D,5D,6D2. The maximum Gasteiger partial charge on any atom is 0.264 e. The third kappa shape index (κ3) is 2.12. The molecule has 108 valence electrons. The molecular formula is C15H15N3O3. The number of aryl methyl sites for hydroxylation is 1. The maximum absolute atomic E-state index is 13.1. The summed E-state index contributed by atoms with van der Waals surface area (Å²) in [5.41, 5.74) is 4.04. The minimum absolute atomic E-state index is 0.281. The van der Waals surface area contributed by atoms with E-state index < -0.39 is 60.4 Å². The predicted octanol–water partition coefficient (Wildman–Crippen LogP) is 1.15. The first-order chi connectivity index (χ1) is 12.9. The molecule has 21 heavy (non-hydrogen) atoms. The molecule has 1 aromatic heterocycles. The minimum Gasteiger partial charge on any atom is -0.398 e. The number of rotatable bonds is 1. The fourth-order valence-electron chi connectivity index (χ4n) is 2.20. The van der Waals surface area contributed by atoms with E-state index in [-0.39, 0.29) is 23.3 Å². The Hall–Kier alpha value is -2.50. The van der Waals surface area contributed by atoms with Gasteiger partial charge in [-0.25, -0.2) is 4.98 Å². The Labute approximate surface area is 130 Å². The van der Waals surface area contributed by atoms with Gasteiger partial charge in [0.25, 0.3) is 5.56 Å². The highest BCUT2D eigenvalue weighted by molar-refractivity contribution is 6.03. The highest BCUT2D eigenvalue weighted by Crippen LogP contribution is 2.24. The number of ketones is 2. The van der Waals surface area contributed by atoms with Crippen molar-refractivity contribution in [2.45, 2.75) is 32.1 Å². The summed E-state index contributed by atoms with van der Waals surface area (Å²) in [5.74, 6) is -2.55. The molecular weight excluding hydrogens is 270 g/mol. The Balaban J connectivity index is 2.47. The molecule has 3 rings (SSSR count). The number of nitrogens with zero attached hydrogens (tertiary/aromatic N) is 2. The Kier molecular flexibility index (Phi) is 1.71. The van der Waals surface area contributed by atoms with Crippen molar-refractivity contribution in [1.82, 2.24) is 9.55 Å². The normalized spacial score (nSPS) is 30.0. The maximum atomic E-state index is 13.1.